The van der Waals surface area contributed by atoms with Crippen molar-refractivity contribution < 1.29 is 9.53 Å². The molecule has 1 aromatic rings. The lowest BCUT2D eigenvalue weighted by atomic mass is 10.0. The molecule has 0 bridgehead atoms. The third kappa shape index (κ3) is 3.44. The van der Waals surface area contributed by atoms with Gasteiger partial charge in [0.15, 0.2) is 0 Å². The number of anilines is 1. The molecular weight excluding hydrogens is 305 g/mol. The second kappa shape index (κ2) is 5.85. The van der Waals surface area contributed by atoms with E-state index in [1.807, 2.05) is 0 Å². The predicted molar refractivity (Wildman–Crippen MR) is 71.3 cm³/mol. The largest absolute Gasteiger partial charge is 0.381 e. The molecule has 3 nitrogen and oxygen atoms in total. The molecule has 1 atom stereocenters. The topological polar surface area (TPSA) is 38.3 Å². The Balaban J connectivity index is 1.99. The Morgan fingerprint density at radius 2 is 2.35 bits per heavy atom. The molecule has 1 amide bonds. The highest BCUT2D eigenvalue weighted by molar-refractivity contribution is 9.10. The zero-order chi connectivity index (χ0) is 12.3. The number of ether oxygens (including phenoxy) is 1. The van der Waals surface area contributed by atoms with E-state index in [4.69, 9.17) is 16.3 Å². The molecule has 1 aliphatic heterocycles. The number of halogens is 2. The van der Waals surface area contributed by atoms with E-state index in [0.29, 0.717) is 11.6 Å². The number of hydrogen-bond donors (Lipinski definition) is 1. The summed E-state index contributed by atoms with van der Waals surface area (Å²) >= 11 is 9.21. The third-order valence-electron chi connectivity index (χ3n) is 2.72. The number of amides is 1. The van der Waals surface area contributed by atoms with Crippen LogP contribution in [0.4, 0.5) is 5.69 Å². The summed E-state index contributed by atoms with van der Waals surface area (Å²) in [6.45, 7) is 1.27. The summed E-state index contributed by atoms with van der Waals surface area (Å²) < 4.78 is 6.07. The smallest absolute Gasteiger partial charge is 0.229 e. The van der Waals surface area contributed by atoms with Crippen LogP contribution in [0, 0.1) is 5.92 Å². The lowest BCUT2D eigenvalue weighted by Crippen LogP contribution is -2.30. The molecule has 0 radical (unpaired) electrons. The molecule has 1 aromatic carbocycles. The Labute approximate surface area is 114 Å². The van der Waals surface area contributed by atoms with Crippen LogP contribution >= 0.6 is 27.5 Å². The SMILES string of the molecule is O=C(Nc1ccc(Cl)c(Br)c1)C1CCCOC1. The van der Waals surface area contributed by atoms with Crippen LogP contribution in [0.25, 0.3) is 0 Å². The molecule has 1 N–H and O–H groups in total. The van der Waals surface area contributed by atoms with Crippen LogP contribution in [0.3, 0.4) is 0 Å². The molecule has 1 fully saturated rings. The Bertz CT molecular complexity index is 419. The van der Waals surface area contributed by atoms with E-state index in [9.17, 15) is 4.79 Å². The lowest BCUT2D eigenvalue weighted by Gasteiger charge is -2.21. The number of nitrogens with one attached hydrogen (secondary N) is 1. The van der Waals surface area contributed by atoms with E-state index in [-0.39, 0.29) is 11.8 Å². The summed E-state index contributed by atoms with van der Waals surface area (Å²) in [4.78, 5) is 11.9. The predicted octanol–water partition coefficient (Wildman–Crippen LogP) is 3.47. The van der Waals surface area contributed by atoms with Gasteiger partial charge in [-0.25, -0.2) is 0 Å². The molecule has 0 aliphatic carbocycles. The third-order valence-corrected chi connectivity index (χ3v) is 3.93. The Morgan fingerprint density at radius 1 is 1.53 bits per heavy atom. The minimum Gasteiger partial charge on any atom is -0.381 e. The van der Waals surface area contributed by atoms with Gasteiger partial charge in [-0.05, 0) is 47.0 Å². The number of hydrogen-bond acceptors (Lipinski definition) is 2. The maximum absolute atomic E-state index is 11.9. The van der Waals surface area contributed by atoms with Gasteiger partial charge in [0.25, 0.3) is 0 Å². The molecule has 0 aromatic heterocycles. The van der Waals surface area contributed by atoms with Gasteiger partial charge in [-0.3, -0.25) is 4.79 Å². The Morgan fingerprint density at radius 3 is 3.00 bits per heavy atom. The van der Waals surface area contributed by atoms with Gasteiger partial charge in [0.05, 0.1) is 17.5 Å². The van der Waals surface area contributed by atoms with Crippen molar-refractivity contribution in [1.82, 2.24) is 0 Å². The molecule has 2 rings (SSSR count). The first-order valence-electron chi connectivity index (χ1n) is 5.50. The van der Waals surface area contributed by atoms with Crippen LogP contribution in [0.5, 0.6) is 0 Å². The van der Waals surface area contributed by atoms with E-state index < -0.39 is 0 Å². The first-order valence-corrected chi connectivity index (χ1v) is 6.67. The van der Waals surface area contributed by atoms with Gasteiger partial charge >= 0.3 is 0 Å². The first kappa shape index (κ1) is 12.9. The van der Waals surface area contributed by atoms with Gasteiger partial charge in [-0.1, -0.05) is 11.6 Å². The fourth-order valence-corrected chi connectivity index (χ4v) is 2.26. The molecule has 17 heavy (non-hydrogen) atoms. The second-order valence-electron chi connectivity index (χ2n) is 4.03. The summed E-state index contributed by atoms with van der Waals surface area (Å²) in [6.07, 6.45) is 1.84. The normalized spacial score (nSPS) is 20.0. The average Bonchev–Trinajstić information content (AvgIpc) is 2.35. The van der Waals surface area contributed by atoms with Crippen molar-refractivity contribution in [2.24, 2.45) is 5.92 Å². The van der Waals surface area contributed by atoms with Crippen molar-refractivity contribution in [2.75, 3.05) is 18.5 Å². The summed E-state index contributed by atoms with van der Waals surface area (Å²) in [6, 6.07) is 5.33. The van der Waals surface area contributed by atoms with Gasteiger partial charge in [0.2, 0.25) is 5.91 Å². The zero-order valence-electron chi connectivity index (χ0n) is 9.21. The van der Waals surface area contributed by atoms with E-state index in [1.165, 1.54) is 0 Å². The standard InChI is InChI=1S/C12H13BrClNO2/c13-10-6-9(3-4-11(10)14)15-12(16)8-2-1-5-17-7-8/h3-4,6,8H,1-2,5,7H2,(H,15,16). The highest BCUT2D eigenvalue weighted by Crippen LogP contribution is 2.26. The van der Waals surface area contributed by atoms with Crippen LogP contribution < -0.4 is 5.32 Å². The van der Waals surface area contributed by atoms with E-state index in [2.05, 4.69) is 21.2 Å². The van der Waals surface area contributed by atoms with Crippen LogP contribution in [0.2, 0.25) is 5.02 Å². The fraction of sp³-hybridized carbons (Fsp3) is 0.417. The molecule has 1 aliphatic rings. The van der Waals surface area contributed by atoms with Gasteiger partial charge < -0.3 is 10.1 Å². The summed E-state index contributed by atoms with van der Waals surface area (Å²) in [5.41, 5.74) is 0.747. The highest BCUT2D eigenvalue weighted by atomic mass is 79.9. The number of rotatable bonds is 2. The summed E-state index contributed by atoms with van der Waals surface area (Å²) in [5.74, 6) is -0.0304. The summed E-state index contributed by atoms with van der Waals surface area (Å²) in [7, 11) is 0. The van der Waals surface area contributed by atoms with Crippen molar-refractivity contribution in [2.45, 2.75) is 12.8 Å². The molecule has 1 saturated heterocycles. The van der Waals surface area contributed by atoms with Crippen molar-refractivity contribution in [3.63, 3.8) is 0 Å². The van der Waals surface area contributed by atoms with Gasteiger partial charge in [0, 0.05) is 16.8 Å². The molecule has 1 heterocycles. The van der Waals surface area contributed by atoms with Crippen LogP contribution in [0.15, 0.2) is 22.7 Å². The van der Waals surface area contributed by atoms with Crippen molar-refractivity contribution >= 4 is 39.1 Å². The second-order valence-corrected chi connectivity index (χ2v) is 5.29. The molecule has 0 saturated carbocycles. The summed E-state index contributed by atoms with van der Waals surface area (Å²) in [5, 5.41) is 3.50. The molecule has 0 spiro atoms. The number of carbonyl (C=O) groups excluding carboxylic acids is 1. The van der Waals surface area contributed by atoms with Crippen LogP contribution in [-0.4, -0.2) is 19.1 Å². The van der Waals surface area contributed by atoms with Crippen LogP contribution in [0.1, 0.15) is 12.8 Å². The molecule has 92 valence electrons. The quantitative estimate of drug-likeness (QED) is 0.907. The first-order chi connectivity index (χ1) is 8.16. The monoisotopic (exact) mass is 317 g/mol. The Hall–Kier alpha value is -0.580. The maximum atomic E-state index is 11.9. The fourth-order valence-electron chi connectivity index (χ4n) is 1.77. The Kier molecular flexibility index (Phi) is 4.42. The molecule has 5 heteroatoms. The number of benzene rings is 1. The maximum Gasteiger partial charge on any atom is 0.229 e. The van der Waals surface area contributed by atoms with Crippen molar-refractivity contribution in [3.05, 3.63) is 27.7 Å². The molecular formula is C12H13BrClNO2. The van der Waals surface area contributed by atoms with E-state index in [0.717, 1.165) is 29.6 Å². The average molecular weight is 319 g/mol. The highest BCUT2D eigenvalue weighted by Gasteiger charge is 2.21. The minimum atomic E-state index is -0.0433. The van der Waals surface area contributed by atoms with E-state index in [1.54, 1.807) is 18.2 Å². The van der Waals surface area contributed by atoms with Crippen molar-refractivity contribution in [3.8, 4) is 0 Å². The van der Waals surface area contributed by atoms with Gasteiger partial charge in [-0.2, -0.15) is 0 Å². The van der Waals surface area contributed by atoms with Crippen molar-refractivity contribution in [1.29, 1.82) is 0 Å². The minimum absolute atomic E-state index is 0.0129. The lowest BCUT2D eigenvalue weighted by molar-refractivity contribution is -0.123. The van der Waals surface area contributed by atoms with Gasteiger partial charge in [-0.15, -0.1) is 0 Å². The van der Waals surface area contributed by atoms with E-state index >= 15 is 0 Å². The molecule has 1 unspecified atom stereocenters. The number of carbonyl (C=O) groups is 1. The van der Waals surface area contributed by atoms with Gasteiger partial charge in [0.1, 0.15) is 0 Å². The van der Waals surface area contributed by atoms with Crippen LogP contribution in [-0.2, 0) is 9.53 Å². The zero-order valence-corrected chi connectivity index (χ0v) is 11.6.